The van der Waals surface area contributed by atoms with E-state index in [0.29, 0.717) is 24.2 Å². The van der Waals surface area contributed by atoms with E-state index in [2.05, 4.69) is 20.5 Å². The van der Waals surface area contributed by atoms with E-state index in [1.165, 1.54) is 0 Å². The number of aromatic nitrogens is 3. The van der Waals surface area contributed by atoms with E-state index in [-0.39, 0.29) is 6.09 Å². The average Bonchev–Trinajstić information content (AvgIpc) is 3.10. The predicted octanol–water partition coefficient (Wildman–Crippen LogP) is 4.41. The number of amides is 1. The van der Waals surface area contributed by atoms with Gasteiger partial charge in [-0.25, -0.2) is 9.78 Å². The molecule has 3 heterocycles. The van der Waals surface area contributed by atoms with Crippen molar-refractivity contribution in [2.75, 3.05) is 25.5 Å². The Bertz CT molecular complexity index is 812. The van der Waals surface area contributed by atoms with Crippen LogP contribution in [0.15, 0.2) is 12.3 Å². The lowest BCUT2D eigenvalue weighted by Crippen LogP contribution is -2.41. The van der Waals surface area contributed by atoms with Crippen molar-refractivity contribution in [3.05, 3.63) is 22.4 Å². The summed E-state index contributed by atoms with van der Waals surface area (Å²) < 4.78 is 5.45. The fraction of sp³-hybridized carbons (Fsp3) is 0.556. The van der Waals surface area contributed by atoms with Gasteiger partial charge in [0.25, 0.3) is 0 Å². The van der Waals surface area contributed by atoms with Crippen LogP contribution < -0.4 is 5.32 Å². The van der Waals surface area contributed by atoms with Crippen LogP contribution in [-0.2, 0) is 4.74 Å². The minimum atomic E-state index is -0.473. The maximum absolute atomic E-state index is 12.2. The first-order valence-corrected chi connectivity index (χ1v) is 10.1. The number of nitrogens with one attached hydrogen (secondary N) is 1. The molecule has 1 N–H and O–H groups in total. The number of anilines is 1. The fourth-order valence-electron chi connectivity index (χ4n) is 2.95. The zero-order chi connectivity index (χ0) is 19.6. The van der Waals surface area contributed by atoms with E-state index in [0.717, 1.165) is 34.1 Å². The second-order valence-electron chi connectivity index (χ2n) is 7.49. The molecule has 0 saturated carbocycles. The molecule has 1 aliphatic rings. The first-order valence-electron chi connectivity index (χ1n) is 8.92. The fourth-order valence-corrected chi connectivity index (χ4v) is 4.15. The number of likely N-dealkylation sites (tertiary alicyclic amines) is 1. The van der Waals surface area contributed by atoms with Crippen LogP contribution in [0, 0.1) is 0 Å². The van der Waals surface area contributed by atoms with E-state index >= 15 is 0 Å². The van der Waals surface area contributed by atoms with E-state index in [1.807, 2.05) is 27.8 Å². The van der Waals surface area contributed by atoms with Crippen molar-refractivity contribution in [1.29, 1.82) is 0 Å². The Morgan fingerprint density at radius 3 is 2.67 bits per heavy atom. The number of hydrogen-bond acceptors (Lipinski definition) is 7. The van der Waals surface area contributed by atoms with E-state index < -0.39 is 5.60 Å². The highest BCUT2D eigenvalue weighted by atomic mass is 35.5. The van der Waals surface area contributed by atoms with Crippen molar-refractivity contribution in [2.45, 2.75) is 45.1 Å². The van der Waals surface area contributed by atoms with Crippen molar-refractivity contribution in [3.8, 4) is 10.6 Å². The number of hydrogen-bond donors (Lipinski definition) is 1. The third-order valence-corrected chi connectivity index (χ3v) is 5.63. The number of rotatable bonds is 3. The summed E-state index contributed by atoms with van der Waals surface area (Å²) in [5.74, 6) is 0.299. The standard InChI is InChI=1S/C18H24ClN5O2S/c1-18(2,3)26-17(25)24-7-5-11(6-8-24)15-22-23-16(27-15)12-10-21-14(19)9-13(12)20-4/h9-11H,5-8H2,1-4H3,(H,20,21). The lowest BCUT2D eigenvalue weighted by atomic mass is 9.98. The summed E-state index contributed by atoms with van der Waals surface area (Å²) in [5, 5.41) is 14.1. The van der Waals surface area contributed by atoms with Crippen molar-refractivity contribution in [3.63, 3.8) is 0 Å². The number of pyridine rings is 1. The maximum Gasteiger partial charge on any atom is 0.410 e. The second-order valence-corrected chi connectivity index (χ2v) is 8.89. The Hall–Kier alpha value is -1.93. The number of nitrogens with zero attached hydrogens (tertiary/aromatic N) is 4. The maximum atomic E-state index is 12.2. The van der Waals surface area contributed by atoms with Gasteiger partial charge in [0.2, 0.25) is 0 Å². The van der Waals surface area contributed by atoms with Gasteiger partial charge in [-0.05, 0) is 39.7 Å². The number of piperidine rings is 1. The molecule has 0 aliphatic carbocycles. The van der Waals surface area contributed by atoms with Gasteiger partial charge < -0.3 is 15.0 Å². The molecule has 1 fully saturated rings. The van der Waals surface area contributed by atoms with Crippen molar-refractivity contribution >= 4 is 34.7 Å². The van der Waals surface area contributed by atoms with Crippen LogP contribution in [-0.4, -0.2) is 51.9 Å². The molecule has 2 aromatic heterocycles. The van der Waals surface area contributed by atoms with Crippen molar-refractivity contribution in [1.82, 2.24) is 20.1 Å². The van der Waals surface area contributed by atoms with Gasteiger partial charge in [-0.2, -0.15) is 0 Å². The van der Waals surface area contributed by atoms with Gasteiger partial charge in [0.1, 0.15) is 15.8 Å². The lowest BCUT2D eigenvalue weighted by Gasteiger charge is -2.32. The Balaban J connectivity index is 1.66. The van der Waals surface area contributed by atoms with Crippen molar-refractivity contribution in [2.24, 2.45) is 0 Å². The molecule has 0 atom stereocenters. The number of ether oxygens (including phenoxy) is 1. The molecule has 0 spiro atoms. The van der Waals surface area contributed by atoms with Crippen LogP contribution >= 0.6 is 22.9 Å². The van der Waals surface area contributed by atoms with Gasteiger partial charge in [-0.15, -0.1) is 10.2 Å². The normalized spacial score (nSPS) is 15.7. The lowest BCUT2D eigenvalue weighted by molar-refractivity contribution is 0.0204. The number of carbonyl (C=O) groups excluding carboxylic acids is 1. The summed E-state index contributed by atoms with van der Waals surface area (Å²) >= 11 is 7.53. The molecule has 1 aliphatic heterocycles. The highest BCUT2D eigenvalue weighted by Crippen LogP contribution is 2.36. The third-order valence-electron chi connectivity index (χ3n) is 4.31. The molecule has 0 unspecified atom stereocenters. The quantitative estimate of drug-likeness (QED) is 0.756. The largest absolute Gasteiger partial charge is 0.444 e. The summed E-state index contributed by atoms with van der Waals surface area (Å²) in [4.78, 5) is 18.1. The molecule has 0 bridgehead atoms. The molecular weight excluding hydrogens is 386 g/mol. The Morgan fingerprint density at radius 1 is 1.33 bits per heavy atom. The molecule has 1 amide bonds. The van der Waals surface area contributed by atoms with Crippen LogP contribution in [0.4, 0.5) is 10.5 Å². The molecule has 0 radical (unpaired) electrons. The number of carbonyl (C=O) groups is 1. The molecule has 1 saturated heterocycles. The van der Waals surface area contributed by atoms with Crippen LogP contribution in [0.2, 0.25) is 5.15 Å². The van der Waals surface area contributed by atoms with Gasteiger partial charge in [-0.1, -0.05) is 22.9 Å². The summed E-state index contributed by atoms with van der Waals surface area (Å²) in [6.45, 7) is 6.97. The summed E-state index contributed by atoms with van der Waals surface area (Å²) in [6, 6.07) is 1.78. The van der Waals surface area contributed by atoms with Crippen LogP contribution in [0.3, 0.4) is 0 Å². The van der Waals surface area contributed by atoms with Crippen molar-refractivity contribution < 1.29 is 9.53 Å². The molecular formula is C18H24ClN5O2S. The molecule has 27 heavy (non-hydrogen) atoms. The van der Waals surface area contributed by atoms with Gasteiger partial charge in [-0.3, -0.25) is 0 Å². The monoisotopic (exact) mass is 409 g/mol. The average molecular weight is 410 g/mol. The van der Waals surface area contributed by atoms with E-state index in [9.17, 15) is 4.79 Å². The molecule has 0 aromatic carbocycles. The zero-order valence-corrected chi connectivity index (χ0v) is 17.5. The summed E-state index contributed by atoms with van der Waals surface area (Å²) in [6.07, 6.45) is 3.17. The van der Waals surface area contributed by atoms with Crippen LogP contribution in [0.5, 0.6) is 0 Å². The zero-order valence-electron chi connectivity index (χ0n) is 16.0. The highest BCUT2D eigenvalue weighted by molar-refractivity contribution is 7.14. The SMILES string of the molecule is CNc1cc(Cl)ncc1-c1nnc(C2CCN(C(=O)OC(C)(C)C)CC2)s1. The minimum absolute atomic E-state index is 0.246. The van der Waals surface area contributed by atoms with Gasteiger partial charge in [0.15, 0.2) is 5.01 Å². The minimum Gasteiger partial charge on any atom is -0.444 e. The molecule has 146 valence electrons. The topological polar surface area (TPSA) is 80.2 Å². The molecule has 3 rings (SSSR count). The van der Waals surface area contributed by atoms with Gasteiger partial charge in [0, 0.05) is 37.9 Å². The van der Waals surface area contributed by atoms with Crippen LogP contribution in [0.1, 0.15) is 44.5 Å². The highest BCUT2D eigenvalue weighted by Gasteiger charge is 2.29. The number of halogens is 1. The van der Waals surface area contributed by atoms with E-state index in [4.69, 9.17) is 16.3 Å². The first-order chi connectivity index (χ1) is 12.8. The smallest absolute Gasteiger partial charge is 0.410 e. The Kier molecular flexibility index (Phi) is 5.86. The Morgan fingerprint density at radius 2 is 2.04 bits per heavy atom. The predicted molar refractivity (Wildman–Crippen MR) is 107 cm³/mol. The summed E-state index contributed by atoms with van der Waals surface area (Å²) in [5.41, 5.74) is 1.29. The second kappa shape index (κ2) is 7.98. The van der Waals surface area contributed by atoms with Gasteiger partial charge in [0.05, 0.1) is 5.56 Å². The molecule has 7 nitrogen and oxygen atoms in total. The summed E-state index contributed by atoms with van der Waals surface area (Å²) in [7, 11) is 1.84. The third kappa shape index (κ3) is 4.87. The van der Waals surface area contributed by atoms with Crippen LogP contribution in [0.25, 0.3) is 10.6 Å². The molecule has 9 heteroatoms. The Labute approximate surface area is 168 Å². The van der Waals surface area contributed by atoms with Gasteiger partial charge >= 0.3 is 6.09 Å². The van der Waals surface area contributed by atoms with E-state index in [1.54, 1.807) is 28.5 Å². The molecule has 2 aromatic rings. The first kappa shape index (κ1) is 19.8.